The van der Waals surface area contributed by atoms with Gasteiger partial charge in [-0.15, -0.1) is 0 Å². The van der Waals surface area contributed by atoms with Gasteiger partial charge in [0.25, 0.3) is 0 Å². The van der Waals surface area contributed by atoms with Gasteiger partial charge in [0.15, 0.2) is 0 Å². The molecule has 1 aromatic rings. The number of halogens is 2. The quantitative estimate of drug-likeness (QED) is 0.790. The zero-order valence-corrected chi connectivity index (χ0v) is 15.4. The Morgan fingerprint density at radius 3 is 2.48 bits per heavy atom. The number of nitrogens with zero attached hydrogens (tertiary/aromatic N) is 3. The molecule has 9 heteroatoms. The van der Waals surface area contributed by atoms with E-state index < -0.39 is 23.9 Å². The van der Waals surface area contributed by atoms with E-state index >= 15 is 4.39 Å². The normalized spacial score (nSPS) is 36.8. The number of carboxylic acids is 1. The Kier molecular flexibility index (Phi) is 3.74. The fraction of sp³-hybridized carbons (Fsp3) is 0.688. The molecule has 0 saturated heterocycles. The number of ether oxygens (including phenoxy) is 1. The summed E-state index contributed by atoms with van der Waals surface area (Å²) in [6.45, 7) is 0. The highest BCUT2D eigenvalue weighted by molar-refractivity contribution is 9.10. The number of methoxy groups -OCH3 is 1. The number of aliphatic carboxylic acids is 1. The summed E-state index contributed by atoms with van der Waals surface area (Å²) < 4.78 is 22.2. The summed E-state index contributed by atoms with van der Waals surface area (Å²) >= 11 is 3.38. The lowest BCUT2D eigenvalue weighted by atomic mass is 9.53. The van der Waals surface area contributed by atoms with Gasteiger partial charge >= 0.3 is 5.97 Å². The van der Waals surface area contributed by atoms with Crippen LogP contribution < -0.4 is 5.73 Å². The summed E-state index contributed by atoms with van der Waals surface area (Å²) in [5.74, 6) is 0.0982. The lowest BCUT2D eigenvalue weighted by molar-refractivity contribution is -0.156. The number of alkyl halides is 1. The monoisotopic (exact) mass is 414 g/mol. The van der Waals surface area contributed by atoms with Gasteiger partial charge in [0.2, 0.25) is 12.5 Å². The first-order valence-electron chi connectivity index (χ1n) is 8.36. The van der Waals surface area contributed by atoms with Crippen LogP contribution in [-0.2, 0) is 14.9 Å². The highest BCUT2D eigenvalue weighted by Gasteiger charge is 2.56. The number of carboxylic acid groups (broad SMARTS) is 1. The SMILES string of the molecule is COC1N=C(N)c2c(Br)nc(C34CCC(C(=O)O)(CC3)CC4)n2C1F. The van der Waals surface area contributed by atoms with Crippen LogP contribution in [0.25, 0.3) is 0 Å². The van der Waals surface area contributed by atoms with E-state index in [9.17, 15) is 9.90 Å². The molecular formula is C16H20BrFN4O3. The number of fused-ring (bicyclic) bond motifs is 4. The van der Waals surface area contributed by atoms with Gasteiger partial charge in [-0.2, -0.15) is 0 Å². The Labute approximate surface area is 152 Å². The van der Waals surface area contributed by atoms with Crippen molar-refractivity contribution in [2.45, 2.75) is 56.5 Å². The number of imidazole rings is 1. The van der Waals surface area contributed by atoms with Gasteiger partial charge in [-0.3, -0.25) is 9.36 Å². The molecule has 25 heavy (non-hydrogen) atoms. The topological polar surface area (TPSA) is 103 Å². The maximum atomic E-state index is 15.1. The van der Waals surface area contributed by atoms with Gasteiger partial charge in [-0.05, 0) is 54.5 Å². The average Bonchev–Trinajstić information content (AvgIpc) is 2.98. The van der Waals surface area contributed by atoms with Crippen LogP contribution >= 0.6 is 15.9 Å². The molecule has 2 heterocycles. The summed E-state index contributed by atoms with van der Waals surface area (Å²) in [6.07, 6.45) is 1.32. The third-order valence-electron chi connectivity index (χ3n) is 6.28. The number of aliphatic imine (C=N–C) groups is 1. The van der Waals surface area contributed by atoms with E-state index in [1.807, 2.05) is 0 Å². The van der Waals surface area contributed by atoms with E-state index in [4.69, 9.17) is 10.5 Å². The second-order valence-corrected chi connectivity index (χ2v) is 8.08. The minimum atomic E-state index is -1.51. The summed E-state index contributed by atoms with van der Waals surface area (Å²) in [5, 5.41) is 9.57. The standard InChI is InChI=1S/C16H20BrFN4O3/c1-25-12-10(18)22-8(11(19)21-12)9(17)20-13(22)15-2-5-16(6-3-15,7-4-15)14(23)24/h10,12H,2-7H2,1H3,(H2,19,21)(H,23,24). The molecule has 136 valence electrons. The molecule has 0 spiro atoms. The molecule has 4 aliphatic rings. The molecule has 3 aliphatic carbocycles. The second-order valence-electron chi connectivity index (χ2n) is 7.32. The third-order valence-corrected chi connectivity index (χ3v) is 6.83. The summed E-state index contributed by atoms with van der Waals surface area (Å²) in [7, 11) is 1.39. The fourth-order valence-electron chi connectivity index (χ4n) is 4.64. The van der Waals surface area contributed by atoms with Gasteiger partial charge in [0.1, 0.15) is 22.0 Å². The number of aromatic nitrogens is 2. The molecule has 3 saturated carbocycles. The van der Waals surface area contributed by atoms with Gasteiger partial charge in [0, 0.05) is 12.5 Å². The molecule has 7 nitrogen and oxygen atoms in total. The van der Waals surface area contributed by atoms with Crippen LogP contribution in [0.4, 0.5) is 4.39 Å². The first kappa shape index (κ1) is 17.0. The van der Waals surface area contributed by atoms with Crippen molar-refractivity contribution >= 4 is 27.7 Å². The Hall–Kier alpha value is -1.48. The van der Waals surface area contributed by atoms with Gasteiger partial charge < -0.3 is 15.6 Å². The molecule has 2 unspecified atom stereocenters. The minimum absolute atomic E-state index is 0.189. The van der Waals surface area contributed by atoms with Crippen molar-refractivity contribution in [1.29, 1.82) is 0 Å². The molecule has 3 fully saturated rings. The van der Waals surface area contributed by atoms with E-state index in [1.54, 1.807) is 0 Å². The van der Waals surface area contributed by atoms with E-state index in [0.717, 1.165) is 0 Å². The van der Waals surface area contributed by atoms with Crippen molar-refractivity contribution in [3.63, 3.8) is 0 Å². The van der Waals surface area contributed by atoms with Gasteiger partial charge in [0.05, 0.1) is 5.41 Å². The largest absolute Gasteiger partial charge is 0.481 e. The molecule has 2 bridgehead atoms. The summed E-state index contributed by atoms with van der Waals surface area (Å²) in [5.41, 5.74) is 5.50. The second kappa shape index (κ2) is 5.51. The van der Waals surface area contributed by atoms with E-state index in [1.165, 1.54) is 11.7 Å². The molecular weight excluding hydrogens is 395 g/mol. The summed E-state index contributed by atoms with van der Waals surface area (Å²) in [6, 6.07) is 0. The number of nitrogens with two attached hydrogens (primary N) is 1. The Morgan fingerprint density at radius 1 is 1.36 bits per heavy atom. The highest BCUT2D eigenvalue weighted by Crippen LogP contribution is 2.58. The molecule has 2 atom stereocenters. The number of amidine groups is 1. The third kappa shape index (κ3) is 2.21. The number of hydrogen-bond acceptors (Lipinski definition) is 5. The molecule has 3 N–H and O–H groups in total. The van der Waals surface area contributed by atoms with E-state index in [2.05, 4.69) is 25.9 Å². The first-order valence-corrected chi connectivity index (χ1v) is 9.15. The molecule has 1 aromatic heterocycles. The van der Waals surface area contributed by atoms with Gasteiger partial charge in [-0.1, -0.05) is 0 Å². The Bertz CT molecular complexity index is 753. The molecule has 5 rings (SSSR count). The number of hydrogen-bond donors (Lipinski definition) is 2. The lowest BCUT2D eigenvalue weighted by Gasteiger charge is -2.51. The predicted octanol–water partition coefficient (Wildman–Crippen LogP) is 2.48. The number of rotatable bonds is 3. The van der Waals surface area contributed by atoms with Crippen molar-refractivity contribution < 1.29 is 19.0 Å². The van der Waals surface area contributed by atoms with Crippen LogP contribution in [-0.4, -0.2) is 39.8 Å². The van der Waals surface area contributed by atoms with Gasteiger partial charge in [-0.25, -0.2) is 14.4 Å². The predicted molar refractivity (Wildman–Crippen MR) is 91.0 cm³/mol. The molecule has 0 aromatic carbocycles. The Morgan fingerprint density at radius 2 is 1.96 bits per heavy atom. The summed E-state index contributed by atoms with van der Waals surface area (Å²) in [4.78, 5) is 20.3. The van der Waals surface area contributed by atoms with E-state index in [-0.39, 0.29) is 11.3 Å². The van der Waals surface area contributed by atoms with Crippen LogP contribution in [0.2, 0.25) is 0 Å². The Balaban J connectivity index is 1.78. The van der Waals surface area contributed by atoms with Crippen molar-refractivity contribution in [3.8, 4) is 0 Å². The van der Waals surface area contributed by atoms with Crippen molar-refractivity contribution in [3.05, 3.63) is 16.1 Å². The van der Waals surface area contributed by atoms with Crippen molar-refractivity contribution in [2.75, 3.05) is 7.11 Å². The zero-order valence-electron chi connectivity index (χ0n) is 13.8. The van der Waals surface area contributed by atoms with E-state index in [0.29, 0.717) is 54.6 Å². The zero-order chi connectivity index (χ0) is 18.0. The smallest absolute Gasteiger partial charge is 0.309 e. The van der Waals surface area contributed by atoms with Crippen LogP contribution in [0.3, 0.4) is 0 Å². The first-order chi connectivity index (χ1) is 11.8. The van der Waals surface area contributed by atoms with Crippen molar-refractivity contribution in [2.24, 2.45) is 16.1 Å². The fourth-order valence-corrected chi connectivity index (χ4v) is 5.20. The number of carbonyl (C=O) groups is 1. The maximum Gasteiger partial charge on any atom is 0.309 e. The maximum absolute atomic E-state index is 15.1. The van der Waals surface area contributed by atoms with Crippen LogP contribution in [0.5, 0.6) is 0 Å². The molecule has 0 radical (unpaired) electrons. The minimum Gasteiger partial charge on any atom is -0.481 e. The van der Waals surface area contributed by atoms with Crippen LogP contribution in [0.15, 0.2) is 9.60 Å². The van der Waals surface area contributed by atoms with Crippen LogP contribution in [0.1, 0.15) is 56.3 Å². The average molecular weight is 415 g/mol. The van der Waals surface area contributed by atoms with Crippen molar-refractivity contribution in [1.82, 2.24) is 9.55 Å². The molecule has 0 amide bonds. The van der Waals surface area contributed by atoms with Crippen LogP contribution in [0, 0.1) is 5.41 Å². The highest BCUT2D eigenvalue weighted by atomic mass is 79.9. The molecule has 1 aliphatic heterocycles. The lowest BCUT2D eigenvalue weighted by Crippen LogP contribution is -2.49.